The number of hydrogen-bond donors (Lipinski definition) is 0. The molecule has 0 saturated carbocycles. The molecule has 1 rings (SSSR count). The van der Waals surface area contributed by atoms with Crippen LogP contribution in [0.5, 0.6) is 0 Å². The summed E-state index contributed by atoms with van der Waals surface area (Å²) in [7, 11) is 0. The van der Waals surface area contributed by atoms with Gasteiger partial charge in [-0.3, -0.25) is 0 Å². The van der Waals surface area contributed by atoms with E-state index in [9.17, 15) is 0 Å². The van der Waals surface area contributed by atoms with Crippen LogP contribution < -0.4 is 0 Å². The van der Waals surface area contributed by atoms with E-state index in [-0.39, 0.29) is 0 Å². The van der Waals surface area contributed by atoms with Gasteiger partial charge in [-0.25, -0.2) is 0 Å². The minimum atomic E-state index is 0.888. The van der Waals surface area contributed by atoms with Crippen molar-refractivity contribution in [3.63, 3.8) is 0 Å². The Morgan fingerprint density at radius 3 is 1.91 bits per heavy atom. The molecule has 11 heavy (non-hydrogen) atoms. The highest BCUT2D eigenvalue weighted by molar-refractivity contribution is 4.79. The Morgan fingerprint density at radius 1 is 1.09 bits per heavy atom. The lowest BCUT2D eigenvalue weighted by Crippen LogP contribution is -2.43. The van der Waals surface area contributed by atoms with Gasteiger partial charge >= 0.3 is 0 Å². The number of likely N-dealkylation sites (tertiary alicyclic amines) is 1. The first-order valence-electron chi connectivity index (χ1n) is 4.87. The van der Waals surface area contributed by atoms with Crippen LogP contribution in [0.3, 0.4) is 0 Å². The van der Waals surface area contributed by atoms with Crippen molar-refractivity contribution in [2.45, 2.75) is 27.7 Å². The van der Waals surface area contributed by atoms with Crippen LogP contribution in [0.1, 0.15) is 27.7 Å². The van der Waals surface area contributed by atoms with Crippen LogP contribution in [0.4, 0.5) is 0 Å². The second-order valence-corrected chi connectivity index (χ2v) is 4.17. The third-order valence-electron chi connectivity index (χ3n) is 3.33. The molecule has 1 aliphatic heterocycles. The van der Waals surface area contributed by atoms with Crippen LogP contribution in [0.25, 0.3) is 0 Å². The van der Waals surface area contributed by atoms with E-state index in [1.165, 1.54) is 19.6 Å². The molecule has 1 nitrogen and oxygen atoms in total. The number of hydrogen-bond acceptors (Lipinski definition) is 1. The second-order valence-electron chi connectivity index (χ2n) is 4.17. The third-order valence-corrected chi connectivity index (χ3v) is 3.33. The summed E-state index contributed by atoms with van der Waals surface area (Å²) in [6.45, 7) is 13.2. The number of nitrogens with zero attached hydrogens (tertiary/aromatic N) is 1. The summed E-state index contributed by atoms with van der Waals surface area (Å²) < 4.78 is 0. The maximum absolute atomic E-state index is 2.56. The molecule has 1 aliphatic rings. The van der Waals surface area contributed by atoms with Gasteiger partial charge in [-0.15, -0.1) is 0 Å². The monoisotopic (exact) mass is 155 g/mol. The van der Waals surface area contributed by atoms with E-state index in [1.807, 2.05) is 0 Å². The molecule has 1 fully saturated rings. The first-order chi connectivity index (χ1) is 5.15. The largest absolute Gasteiger partial charge is 0.303 e. The molecule has 0 amide bonds. The lowest BCUT2D eigenvalue weighted by Gasteiger charge is -2.39. The highest BCUT2D eigenvalue weighted by Crippen LogP contribution is 2.27. The molecule has 0 N–H and O–H groups in total. The van der Waals surface area contributed by atoms with Crippen molar-refractivity contribution in [3.8, 4) is 0 Å². The third kappa shape index (κ3) is 1.96. The summed E-state index contributed by atoms with van der Waals surface area (Å²) in [5, 5.41) is 0. The highest BCUT2D eigenvalue weighted by atomic mass is 15.1. The fourth-order valence-corrected chi connectivity index (χ4v) is 2.04. The first-order valence-corrected chi connectivity index (χ1v) is 4.87. The zero-order valence-electron chi connectivity index (χ0n) is 8.30. The van der Waals surface area contributed by atoms with Crippen molar-refractivity contribution >= 4 is 0 Å². The van der Waals surface area contributed by atoms with Gasteiger partial charge in [0.2, 0.25) is 0 Å². The van der Waals surface area contributed by atoms with Crippen molar-refractivity contribution in [3.05, 3.63) is 0 Å². The maximum Gasteiger partial charge on any atom is 0.000967 e. The van der Waals surface area contributed by atoms with Crippen LogP contribution in [0.15, 0.2) is 0 Å². The van der Waals surface area contributed by atoms with Gasteiger partial charge in [0.1, 0.15) is 0 Å². The Hall–Kier alpha value is -0.0400. The fraction of sp³-hybridized carbons (Fsp3) is 1.00. The van der Waals surface area contributed by atoms with Gasteiger partial charge in [0.15, 0.2) is 0 Å². The zero-order valence-corrected chi connectivity index (χ0v) is 8.30. The Labute approximate surface area is 70.8 Å². The molecule has 0 aliphatic carbocycles. The van der Waals surface area contributed by atoms with Gasteiger partial charge in [-0.1, -0.05) is 27.7 Å². The highest BCUT2D eigenvalue weighted by Gasteiger charge is 2.27. The van der Waals surface area contributed by atoms with Crippen molar-refractivity contribution in [1.82, 2.24) is 4.90 Å². The van der Waals surface area contributed by atoms with Crippen LogP contribution >= 0.6 is 0 Å². The van der Waals surface area contributed by atoms with E-state index < -0.39 is 0 Å². The maximum atomic E-state index is 2.56. The van der Waals surface area contributed by atoms with E-state index in [4.69, 9.17) is 0 Å². The van der Waals surface area contributed by atoms with Crippen LogP contribution in [0, 0.1) is 17.8 Å². The molecule has 3 atom stereocenters. The molecule has 0 aromatic rings. The standard InChI is InChI=1S/C10H21N/c1-5-11-6-8(2)10(4)9(3)7-11/h8-10H,5-7H2,1-4H3/t8-,9+,10?. The Balaban J connectivity index is 2.47. The minimum Gasteiger partial charge on any atom is -0.303 e. The van der Waals surface area contributed by atoms with Crippen LogP contribution in [0.2, 0.25) is 0 Å². The van der Waals surface area contributed by atoms with Gasteiger partial charge in [0.25, 0.3) is 0 Å². The molecule has 1 saturated heterocycles. The predicted octanol–water partition coefficient (Wildman–Crippen LogP) is 2.23. The zero-order chi connectivity index (χ0) is 8.43. The summed E-state index contributed by atoms with van der Waals surface area (Å²) in [6, 6.07) is 0. The second kappa shape index (κ2) is 3.57. The van der Waals surface area contributed by atoms with E-state index >= 15 is 0 Å². The van der Waals surface area contributed by atoms with E-state index in [2.05, 4.69) is 32.6 Å². The Bertz CT molecular complexity index is 110. The molecule has 0 aromatic carbocycles. The average molecular weight is 155 g/mol. The van der Waals surface area contributed by atoms with Crippen LogP contribution in [-0.4, -0.2) is 24.5 Å². The van der Waals surface area contributed by atoms with Gasteiger partial charge in [-0.2, -0.15) is 0 Å². The molecule has 0 spiro atoms. The molecular weight excluding hydrogens is 134 g/mol. The SMILES string of the molecule is CCN1C[C@@H](C)C(C)[C@@H](C)C1. The molecule has 1 heterocycles. The van der Waals surface area contributed by atoms with E-state index in [0.29, 0.717) is 0 Å². The van der Waals surface area contributed by atoms with Crippen molar-refractivity contribution < 1.29 is 0 Å². The van der Waals surface area contributed by atoms with E-state index in [1.54, 1.807) is 0 Å². The summed E-state index contributed by atoms with van der Waals surface area (Å²) in [5.74, 6) is 2.69. The van der Waals surface area contributed by atoms with Gasteiger partial charge < -0.3 is 4.90 Å². The molecule has 1 heteroatoms. The van der Waals surface area contributed by atoms with Gasteiger partial charge in [-0.05, 0) is 24.3 Å². The molecular formula is C10H21N. The Kier molecular flexibility index (Phi) is 2.94. The number of piperidine rings is 1. The predicted molar refractivity (Wildman–Crippen MR) is 49.6 cm³/mol. The average Bonchev–Trinajstić information content (AvgIpc) is 1.99. The summed E-state index contributed by atoms with van der Waals surface area (Å²) in [4.78, 5) is 2.56. The topological polar surface area (TPSA) is 3.24 Å². The molecule has 0 radical (unpaired) electrons. The van der Waals surface area contributed by atoms with Crippen molar-refractivity contribution in [1.29, 1.82) is 0 Å². The smallest absolute Gasteiger partial charge is 0.000967 e. The molecule has 0 aromatic heterocycles. The summed E-state index contributed by atoms with van der Waals surface area (Å²) in [6.07, 6.45) is 0. The first kappa shape index (κ1) is 9.05. The quantitative estimate of drug-likeness (QED) is 0.561. The lowest BCUT2D eigenvalue weighted by atomic mass is 9.81. The van der Waals surface area contributed by atoms with Gasteiger partial charge in [0, 0.05) is 13.1 Å². The summed E-state index contributed by atoms with van der Waals surface area (Å²) >= 11 is 0. The minimum absolute atomic E-state index is 0.888. The summed E-state index contributed by atoms with van der Waals surface area (Å²) in [5.41, 5.74) is 0. The molecule has 0 bridgehead atoms. The van der Waals surface area contributed by atoms with E-state index in [0.717, 1.165) is 17.8 Å². The lowest BCUT2D eigenvalue weighted by molar-refractivity contribution is 0.0930. The van der Waals surface area contributed by atoms with Crippen LogP contribution in [-0.2, 0) is 0 Å². The van der Waals surface area contributed by atoms with Crippen molar-refractivity contribution in [2.24, 2.45) is 17.8 Å². The molecule has 66 valence electrons. The van der Waals surface area contributed by atoms with Gasteiger partial charge in [0.05, 0.1) is 0 Å². The Morgan fingerprint density at radius 2 is 1.55 bits per heavy atom. The number of rotatable bonds is 1. The fourth-order valence-electron chi connectivity index (χ4n) is 2.04. The normalized spacial score (nSPS) is 40.9. The molecule has 1 unspecified atom stereocenters. The van der Waals surface area contributed by atoms with Crippen molar-refractivity contribution in [2.75, 3.05) is 19.6 Å².